The number of fused-ring (bicyclic) bond motifs is 1. The summed E-state index contributed by atoms with van der Waals surface area (Å²) >= 11 is 0. The van der Waals surface area contributed by atoms with E-state index in [1.165, 1.54) is 6.07 Å². The molecule has 0 aliphatic heterocycles. The molecule has 3 aromatic rings. The molecule has 1 heterocycles. The minimum atomic E-state index is -1.41. The van der Waals surface area contributed by atoms with Crippen LogP contribution in [0.5, 0.6) is 0 Å². The zero-order valence-electron chi connectivity index (χ0n) is 14.9. The van der Waals surface area contributed by atoms with Gasteiger partial charge in [-0.15, -0.1) is 0 Å². The molecule has 0 bridgehead atoms. The van der Waals surface area contributed by atoms with Crippen LogP contribution in [0.15, 0.2) is 66.7 Å². The molecule has 142 valence electrons. The molecule has 0 aliphatic carbocycles. The van der Waals surface area contributed by atoms with E-state index in [2.05, 4.69) is 10.3 Å². The molecule has 0 aliphatic rings. The molecular formula is C21H18N2O5. The molecule has 0 saturated heterocycles. The molecular weight excluding hydrogens is 360 g/mol. The Labute approximate surface area is 161 Å². The standard InChI is InChI=1S/C21H18N2O5/c24-19(28-13-14-6-2-1-3-7-14)12-18(21(26)27)23-20(25)17-11-10-15-8-4-5-9-16(15)22-17/h1-11,18H,12-13H2,(H,23,25)(H,26,27)/t18-/m1/s1. The van der Waals surface area contributed by atoms with E-state index in [-0.39, 0.29) is 12.3 Å². The van der Waals surface area contributed by atoms with Crippen molar-refractivity contribution in [3.8, 4) is 0 Å². The van der Waals surface area contributed by atoms with E-state index in [1.807, 2.05) is 18.2 Å². The van der Waals surface area contributed by atoms with E-state index < -0.39 is 30.3 Å². The smallest absolute Gasteiger partial charge is 0.326 e. The number of nitrogens with one attached hydrogen (secondary N) is 1. The van der Waals surface area contributed by atoms with Crippen molar-refractivity contribution in [3.63, 3.8) is 0 Å². The molecule has 0 radical (unpaired) electrons. The number of aromatic nitrogens is 1. The number of carbonyl (C=O) groups excluding carboxylic acids is 2. The lowest BCUT2D eigenvalue weighted by atomic mass is 10.1. The summed E-state index contributed by atoms with van der Waals surface area (Å²) in [6.07, 6.45) is -0.485. The van der Waals surface area contributed by atoms with E-state index in [1.54, 1.807) is 42.5 Å². The molecule has 2 aromatic carbocycles. The molecule has 0 fully saturated rings. The van der Waals surface area contributed by atoms with Gasteiger partial charge >= 0.3 is 11.9 Å². The molecule has 1 amide bonds. The summed E-state index contributed by atoms with van der Waals surface area (Å²) in [6, 6.07) is 18.1. The van der Waals surface area contributed by atoms with Crippen LogP contribution in [0.1, 0.15) is 22.5 Å². The maximum atomic E-state index is 12.4. The Hall–Kier alpha value is -3.74. The molecule has 0 unspecified atom stereocenters. The van der Waals surface area contributed by atoms with E-state index in [0.29, 0.717) is 5.52 Å². The number of benzene rings is 2. The fourth-order valence-electron chi connectivity index (χ4n) is 2.59. The Bertz CT molecular complexity index is 1000. The summed E-state index contributed by atoms with van der Waals surface area (Å²) in [4.78, 5) is 40.0. The molecule has 1 atom stereocenters. The lowest BCUT2D eigenvalue weighted by Gasteiger charge is -2.14. The zero-order valence-corrected chi connectivity index (χ0v) is 14.9. The number of esters is 1. The SMILES string of the molecule is O=C(C[C@@H](NC(=O)c1ccc2ccccc2n1)C(=O)O)OCc1ccccc1. The van der Waals surface area contributed by atoms with Gasteiger partial charge in [0.25, 0.3) is 5.91 Å². The molecule has 0 saturated carbocycles. The first-order chi connectivity index (χ1) is 13.5. The number of nitrogens with zero attached hydrogens (tertiary/aromatic N) is 1. The summed E-state index contributed by atoms with van der Waals surface area (Å²) in [5.41, 5.74) is 1.47. The van der Waals surface area contributed by atoms with Crippen molar-refractivity contribution < 1.29 is 24.2 Å². The highest BCUT2D eigenvalue weighted by atomic mass is 16.5. The first-order valence-electron chi connectivity index (χ1n) is 8.62. The maximum Gasteiger partial charge on any atom is 0.326 e. The van der Waals surface area contributed by atoms with Gasteiger partial charge in [0.2, 0.25) is 0 Å². The number of aliphatic carboxylic acids is 1. The van der Waals surface area contributed by atoms with Gasteiger partial charge in [0, 0.05) is 5.39 Å². The normalized spacial score (nSPS) is 11.6. The van der Waals surface area contributed by atoms with E-state index in [9.17, 15) is 19.5 Å². The van der Waals surface area contributed by atoms with Crippen molar-refractivity contribution >= 4 is 28.7 Å². The third-order valence-corrected chi connectivity index (χ3v) is 4.05. The summed E-state index contributed by atoms with van der Waals surface area (Å²) in [7, 11) is 0. The average Bonchev–Trinajstić information content (AvgIpc) is 2.72. The molecule has 0 spiro atoms. The van der Waals surface area contributed by atoms with Crippen molar-refractivity contribution in [1.29, 1.82) is 0 Å². The predicted octanol–water partition coefficient (Wildman–Crippen LogP) is 2.55. The van der Waals surface area contributed by atoms with E-state index in [0.717, 1.165) is 10.9 Å². The number of carboxylic acid groups (broad SMARTS) is 1. The highest BCUT2D eigenvalue weighted by Gasteiger charge is 2.25. The molecule has 7 nitrogen and oxygen atoms in total. The second-order valence-electron chi connectivity index (χ2n) is 6.10. The van der Waals surface area contributed by atoms with Crippen molar-refractivity contribution in [1.82, 2.24) is 10.3 Å². The van der Waals surface area contributed by atoms with Crippen LogP contribution < -0.4 is 5.32 Å². The second-order valence-corrected chi connectivity index (χ2v) is 6.10. The average molecular weight is 378 g/mol. The number of hydrogen-bond donors (Lipinski definition) is 2. The Morgan fingerprint density at radius 2 is 1.68 bits per heavy atom. The number of amides is 1. The summed E-state index contributed by atoms with van der Waals surface area (Å²) in [6.45, 7) is 0.0339. The summed E-state index contributed by atoms with van der Waals surface area (Å²) in [5.74, 6) is -2.72. The first-order valence-corrected chi connectivity index (χ1v) is 8.62. The fourth-order valence-corrected chi connectivity index (χ4v) is 2.59. The number of carbonyl (C=O) groups is 3. The highest BCUT2D eigenvalue weighted by molar-refractivity contribution is 5.97. The number of ether oxygens (including phenoxy) is 1. The van der Waals surface area contributed by atoms with E-state index >= 15 is 0 Å². The topological polar surface area (TPSA) is 106 Å². The monoisotopic (exact) mass is 378 g/mol. The van der Waals surface area contributed by atoms with Gasteiger partial charge in [-0.3, -0.25) is 9.59 Å². The summed E-state index contributed by atoms with van der Waals surface area (Å²) < 4.78 is 5.08. The summed E-state index contributed by atoms with van der Waals surface area (Å²) in [5, 5.41) is 12.5. The third kappa shape index (κ3) is 4.91. The lowest BCUT2D eigenvalue weighted by molar-refractivity contribution is -0.150. The minimum absolute atomic E-state index is 0.0339. The molecule has 2 N–H and O–H groups in total. The van der Waals surface area contributed by atoms with Crippen LogP contribution in [0.4, 0.5) is 0 Å². The number of hydrogen-bond acceptors (Lipinski definition) is 5. The number of para-hydroxylation sites is 1. The van der Waals surface area contributed by atoms with Crippen LogP contribution in [0.3, 0.4) is 0 Å². The van der Waals surface area contributed by atoms with Gasteiger partial charge in [0.05, 0.1) is 11.9 Å². The first kappa shape index (κ1) is 19.0. The van der Waals surface area contributed by atoms with Gasteiger partial charge < -0.3 is 15.2 Å². The van der Waals surface area contributed by atoms with Crippen LogP contribution in [-0.2, 0) is 20.9 Å². The van der Waals surface area contributed by atoms with Gasteiger partial charge in [-0.1, -0.05) is 54.6 Å². The van der Waals surface area contributed by atoms with Crippen LogP contribution in [0.2, 0.25) is 0 Å². The van der Waals surface area contributed by atoms with Gasteiger partial charge in [-0.2, -0.15) is 0 Å². The van der Waals surface area contributed by atoms with Crippen molar-refractivity contribution in [3.05, 3.63) is 78.0 Å². The zero-order chi connectivity index (χ0) is 19.9. The lowest BCUT2D eigenvalue weighted by Crippen LogP contribution is -2.42. The Morgan fingerprint density at radius 3 is 2.43 bits per heavy atom. The third-order valence-electron chi connectivity index (χ3n) is 4.05. The quantitative estimate of drug-likeness (QED) is 0.612. The van der Waals surface area contributed by atoms with Gasteiger partial charge in [-0.05, 0) is 17.7 Å². The maximum absolute atomic E-state index is 12.4. The minimum Gasteiger partial charge on any atom is -0.480 e. The van der Waals surface area contributed by atoms with Gasteiger partial charge in [-0.25, -0.2) is 9.78 Å². The van der Waals surface area contributed by atoms with Gasteiger partial charge in [0.15, 0.2) is 0 Å². The Balaban J connectivity index is 1.62. The fraction of sp³-hybridized carbons (Fsp3) is 0.143. The number of pyridine rings is 1. The Morgan fingerprint density at radius 1 is 0.964 bits per heavy atom. The highest BCUT2D eigenvalue weighted by Crippen LogP contribution is 2.12. The van der Waals surface area contributed by atoms with Crippen LogP contribution in [0.25, 0.3) is 10.9 Å². The predicted molar refractivity (Wildman–Crippen MR) is 101 cm³/mol. The second kappa shape index (κ2) is 8.77. The number of carboxylic acids is 1. The van der Waals surface area contributed by atoms with Crippen molar-refractivity contribution in [2.45, 2.75) is 19.1 Å². The van der Waals surface area contributed by atoms with Crippen molar-refractivity contribution in [2.75, 3.05) is 0 Å². The largest absolute Gasteiger partial charge is 0.480 e. The Kier molecular flexibility index (Phi) is 5.96. The van der Waals surface area contributed by atoms with Gasteiger partial charge in [0.1, 0.15) is 18.3 Å². The van der Waals surface area contributed by atoms with Crippen LogP contribution in [-0.4, -0.2) is 34.0 Å². The molecule has 1 aromatic heterocycles. The molecule has 7 heteroatoms. The number of rotatable bonds is 7. The van der Waals surface area contributed by atoms with E-state index in [4.69, 9.17) is 4.74 Å². The van der Waals surface area contributed by atoms with Crippen LogP contribution >= 0.6 is 0 Å². The van der Waals surface area contributed by atoms with Crippen LogP contribution in [0, 0.1) is 0 Å². The van der Waals surface area contributed by atoms with Crippen molar-refractivity contribution in [2.24, 2.45) is 0 Å². The molecule has 3 rings (SSSR count). The molecule has 28 heavy (non-hydrogen) atoms.